The van der Waals surface area contributed by atoms with Gasteiger partial charge in [0.15, 0.2) is 0 Å². The first kappa shape index (κ1) is 42.3. The summed E-state index contributed by atoms with van der Waals surface area (Å²) in [7, 11) is 0. The summed E-state index contributed by atoms with van der Waals surface area (Å²) in [6.45, 7) is 21.9. The smallest absolute Gasteiger partial charge is 0.333 e. The molecule has 13 rings (SSSR count). The SMILES string of the molecule is Cc1cc(-c2ccccc2)ccc1N1c2cc3c(cc2B2c4c1cc1c(oc5ccccc51)c4-c1cc4c(cc1N2c1ccc(-c2ccccc2)cc1)C(C)(C)CCC4(C)C)C(C)(C)CCC3(C)C. The Bertz CT molecular complexity index is 3580. The van der Waals surface area contributed by atoms with Crippen molar-refractivity contribution in [2.45, 2.75) is 110 Å². The zero-order chi connectivity index (χ0) is 47.4. The lowest BCUT2D eigenvalue weighted by atomic mass is 9.42. The number of hydrogen-bond acceptors (Lipinski definition) is 3. The molecule has 69 heavy (non-hydrogen) atoms. The standard InChI is InChI=1S/C65H61BN2O/c1-40-34-44(42-20-14-11-15-21-42)26-29-54(40)67-56-39-52-50(63(4,5)31-33-65(52,8)9)37-53(56)66-60-57(67)36-47-46-22-16-17-23-58(46)69-61(47)59(60)48-35-49-51(64(6,7)32-30-62(49,2)3)38-55(48)68(66)45-27-24-43(25-28-45)41-18-12-10-13-19-41/h10-29,34-39H,30-33H2,1-9H3. The van der Waals surface area contributed by atoms with Crippen LogP contribution in [0.15, 0.2) is 162 Å². The second-order valence-electron chi connectivity index (χ2n) is 23.5. The van der Waals surface area contributed by atoms with Crippen molar-refractivity contribution in [2.24, 2.45) is 0 Å². The molecule has 4 heteroatoms. The monoisotopic (exact) mass is 896 g/mol. The van der Waals surface area contributed by atoms with E-state index < -0.39 is 0 Å². The quantitative estimate of drug-likeness (QED) is 0.164. The first-order valence-electron chi connectivity index (χ1n) is 25.4. The van der Waals surface area contributed by atoms with Crippen LogP contribution in [0.25, 0.3) is 55.3 Å². The van der Waals surface area contributed by atoms with Gasteiger partial charge in [-0.2, -0.15) is 0 Å². The number of para-hydroxylation sites is 1. The predicted molar refractivity (Wildman–Crippen MR) is 294 cm³/mol. The van der Waals surface area contributed by atoms with E-state index >= 15 is 0 Å². The third kappa shape index (κ3) is 6.26. The molecule has 0 atom stereocenters. The normalized spacial score (nSPS) is 17.8. The van der Waals surface area contributed by atoms with Crippen LogP contribution in [0, 0.1) is 6.92 Å². The Labute approximate surface area is 408 Å². The Kier molecular flexibility index (Phi) is 8.97. The van der Waals surface area contributed by atoms with Crippen LogP contribution in [-0.2, 0) is 21.7 Å². The van der Waals surface area contributed by atoms with Crippen molar-refractivity contribution in [3.05, 3.63) is 186 Å². The fourth-order valence-corrected chi connectivity index (χ4v) is 13.0. The lowest BCUT2D eigenvalue weighted by molar-refractivity contribution is 0.332. The zero-order valence-corrected chi connectivity index (χ0v) is 41.7. The zero-order valence-electron chi connectivity index (χ0n) is 41.7. The topological polar surface area (TPSA) is 19.6 Å². The molecule has 340 valence electrons. The summed E-state index contributed by atoms with van der Waals surface area (Å²) in [4.78, 5) is 5.39. The third-order valence-electron chi connectivity index (χ3n) is 17.3. The lowest BCUT2D eigenvalue weighted by Crippen LogP contribution is -2.62. The average Bonchev–Trinajstić information content (AvgIpc) is 3.73. The molecule has 0 unspecified atom stereocenters. The molecule has 4 aliphatic rings. The first-order valence-corrected chi connectivity index (χ1v) is 25.4. The molecule has 8 aromatic carbocycles. The van der Waals surface area contributed by atoms with Gasteiger partial charge in [0.2, 0.25) is 0 Å². The van der Waals surface area contributed by atoms with E-state index in [0.29, 0.717) is 0 Å². The van der Waals surface area contributed by atoms with Gasteiger partial charge in [-0.25, -0.2) is 0 Å². The van der Waals surface area contributed by atoms with Crippen molar-refractivity contribution >= 4 is 68.1 Å². The molecule has 2 aliphatic carbocycles. The molecule has 9 aromatic rings. The van der Waals surface area contributed by atoms with Crippen LogP contribution in [0.5, 0.6) is 0 Å². The van der Waals surface area contributed by atoms with Crippen LogP contribution in [0.3, 0.4) is 0 Å². The number of anilines is 5. The highest BCUT2D eigenvalue weighted by atomic mass is 16.3. The van der Waals surface area contributed by atoms with Gasteiger partial charge in [0.25, 0.3) is 0 Å². The maximum absolute atomic E-state index is 7.25. The van der Waals surface area contributed by atoms with E-state index in [4.69, 9.17) is 4.42 Å². The van der Waals surface area contributed by atoms with E-state index in [-0.39, 0.29) is 28.5 Å². The average molecular weight is 897 g/mol. The summed E-state index contributed by atoms with van der Waals surface area (Å²) in [5, 5.41) is 2.31. The lowest BCUT2D eigenvalue weighted by Gasteiger charge is -2.49. The van der Waals surface area contributed by atoms with Gasteiger partial charge in [0, 0.05) is 50.3 Å². The number of furan rings is 1. The summed E-state index contributed by atoms with van der Waals surface area (Å²) in [5.41, 5.74) is 25.2. The summed E-state index contributed by atoms with van der Waals surface area (Å²) >= 11 is 0. The highest BCUT2D eigenvalue weighted by Crippen LogP contribution is 2.56. The van der Waals surface area contributed by atoms with Crippen molar-refractivity contribution in [2.75, 3.05) is 9.71 Å². The van der Waals surface area contributed by atoms with E-state index in [1.54, 1.807) is 0 Å². The molecule has 0 bridgehead atoms. The Hall–Kier alpha value is -6.78. The Balaban J connectivity index is 1.19. The summed E-state index contributed by atoms with van der Waals surface area (Å²) < 4.78 is 7.25. The summed E-state index contributed by atoms with van der Waals surface area (Å²) in [6.07, 6.45) is 4.58. The number of aryl methyl sites for hydroxylation is 1. The van der Waals surface area contributed by atoms with Crippen molar-refractivity contribution in [1.29, 1.82) is 0 Å². The third-order valence-corrected chi connectivity index (χ3v) is 17.3. The van der Waals surface area contributed by atoms with Crippen LogP contribution < -0.4 is 20.6 Å². The molecule has 3 heterocycles. The molecule has 0 fully saturated rings. The maximum Gasteiger partial charge on any atom is 0.333 e. The largest absolute Gasteiger partial charge is 0.455 e. The minimum Gasteiger partial charge on any atom is -0.455 e. The summed E-state index contributed by atoms with van der Waals surface area (Å²) in [5.74, 6) is 0. The molecule has 1 aromatic heterocycles. The van der Waals surface area contributed by atoms with E-state index in [1.165, 1.54) is 101 Å². The molecular formula is C65H61BN2O. The molecule has 0 amide bonds. The van der Waals surface area contributed by atoms with E-state index in [2.05, 4.69) is 230 Å². The van der Waals surface area contributed by atoms with Crippen LogP contribution in [0.1, 0.15) is 109 Å². The summed E-state index contributed by atoms with van der Waals surface area (Å²) in [6, 6.07) is 59.9. The number of nitrogens with zero attached hydrogens (tertiary/aromatic N) is 2. The number of rotatable bonds is 4. The van der Waals surface area contributed by atoms with Crippen LogP contribution in [0.4, 0.5) is 28.4 Å². The minimum atomic E-state index is -0.151. The van der Waals surface area contributed by atoms with E-state index in [9.17, 15) is 0 Å². The highest BCUT2D eigenvalue weighted by Gasteiger charge is 2.50. The number of hydrogen-bond donors (Lipinski definition) is 0. The molecule has 0 saturated heterocycles. The van der Waals surface area contributed by atoms with Crippen molar-refractivity contribution in [3.63, 3.8) is 0 Å². The second kappa shape index (κ2) is 14.6. The maximum atomic E-state index is 7.25. The molecule has 3 nitrogen and oxygen atoms in total. The predicted octanol–water partition coefficient (Wildman–Crippen LogP) is 16.6. The Morgan fingerprint density at radius 2 is 0.971 bits per heavy atom. The van der Waals surface area contributed by atoms with Crippen molar-refractivity contribution in [1.82, 2.24) is 0 Å². The van der Waals surface area contributed by atoms with Crippen molar-refractivity contribution < 1.29 is 4.42 Å². The van der Waals surface area contributed by atoms with E-state index in [1.807, 2.05) is 0 Å². The van der Waals surface area contributed by atoms with Gasteiger partial charge >= 0.3 is 6.85 Å². The highest BCUT2D eigenvalue weighted by molar-refractivity contribution is 6.94. The molecule has 0 radical (unpaired) electrons. The van der Waals surface area contributed by atoms with Crippen molar-refractivity contribution in [3.8, 4) is 33.4 Å². The molecule has 0 saturated carbocycles. The Morgan fingerprint density at radius 3 is 1.59 bits per heavy atom. The number of benzene rings is 8. The van der Waals surface area contributed by atoms with Gasteiger partial charge in [-0.05, 0) is 170 Å². The van der Waals surface area contributed by atoms with Gasteiger partial charge in [-0.3, -0.25) is 0 Å². The fraction of sp³-hybridized carbons (Fsp3) is 0.262. The van der Waals surface area contributed by atoms with Gasteiger partial charge in [0.1, 0.15) is 11.2 Å². The minimum absolute atomic E-state index is 0.00712. The van der Waals surface area contributed by atoms with Crippen LogP contribution in [0.2, 0.25) is 0 Å². The first-order chi connectivity index (χ1) is 33.1. The Morgan fingerprint density at radius 1 is 0.449 bits per heavy atom. The second-order valence-corrected chi connectivity index (χ2v) is 23.5. The molecule has 0 spiro atoms. The van der Waals surface area contributed by atoms with Gasteiger partial charge in [-0.1, -0.05) is 159 Å². The van der Waals surface area contributed by atoms with Crippen LogP contribution in [-0.4, -0.2) is 6.85 Å². The van der Waals surface area contributed by atoms with Crippen LogP contribution >= 0.6 is 0 Å². The molecule has 2 aliphatic heterocycles. The van der Waals surface area contributed by atoms with Gasteiger partial charge in [0.05, 0.1) is 0 Å². The molecular weight excluding hydrogens is 836 g/mol. The number of fused-ring (bicyclic) bond motifs is 10. The molecule has 0 N–H and O–H groups in total. The van der Waals surface area contributed by atoms with Gasteiger partial charge in [-0.15, -0.1) is 0 Å². The van der Waals surface area contributed by atoms with Gasteiger partial charge < -0.3 is 14.1 Å². The fourth-order valence-electron chi connectivity index (χ4n) is 13.0. The van der Waals surface area contributed by atoms with E-state index in [0.717, 1.165) is 47.6 Å².